The maximum atomic E-state index is 5.76. The predicted octanol–water partition coefficient (Wildman–Crippen LogP) is 5.15. The van der Waals surface area contributed by atoms with Gasteiger partial charge < -0.3 is 14.0 Å². The summed E-state index contributed by atoms with van der Waals surface area (Å²) in [5, 5.41) is 1.24. The van der Waals surface area contributed by atoms with E-state index in [1.54, 1.807) is 6.26 Å². The van der Waals surface area contributed by atoms with Gasteiger partial charge in [0.2, 0.25) is 0 Å². The fourth-order valence-corrected chi connectivity index (χ4v) is 3.28. The van der Waals surface area contributed by atoms with Crippen LogP contribution in [0.3, 0.4) is 0 Å². The van der Waals surface area contributed by atoms with Crippen molar-refractivity contribution in [2.45, 2.75) is 25.8 Å². The molecule has 1 N–H and O–H groups in total. The van der Waals surface area contributed by atoms with Crippen molar-refractivity contribution in [3.05, 3.63) is 84.2 Å². The van der Waals surface area contributed by atoms with Crippen molar-refractivity contribution >= 4 is 10.9 Å². The predicted molar refractivity (Wildman–Crippen MR) is 92.7 cm³/mol. The van der Waals surface area contributed by atoms with Crippen LogP contribution >= 0.6 is 0 Å². The third-order valence-corrected chi connectivity index (χ3v) is 4.34. The summed E-state index contributed by atoms with van der Waals surface area (Å²) in [7, 11) is 0. The topological polar surface area (TPSA) is 33.9 Å². The highest BCUT2D eigenvalue weighted by atomic mass is 16.3. The Labute approximate surface area is 135 Å². The van der Waals surface area contributed by atoms with Crippen molar-refractivity contribution in [3.8, 4) is 0 Å². The van der Waals surface area contributed by atoms with E-state index < -0.39 is 0 Å². The molecule has 0 bridgehead atoms. The number of para-hydroxylation sites is 1. The number of furan rings is 1. The standard InChI is InChI=1S/C20H20N2O/c1-2-6-15-10-11-22(14-15)20(19-9-5-12-23-19)17-13-21-18-8-4-3-7-16(17)18/h3-5,7-14,20-21H,2,6H2,1H3. The minimum atomic E-state index is 0.0479. The molecule has 116 valence electrons. The van der Waals surface area contributed by atoms with Crippen LogP contribution in [0.1, 0.15) is 36.3 Å². The molecule has 23 heavy (non-hydrogen) atoms. The molecule has 1 aromatic carbocycles. The quantitative estimate of drug-likeness (QED) is 0.543. The molecule has 3 heterocycles. The Bertz CT molecular complexity index is 899. The highest BCUT2D eigenvalue weighted by Gasteiger charge is 2.22. The Kier molecular flexibility index (Phi) is 3.54. The van der Waals surface area contributed by atoms with Crippen LogP contribution in [-0.4, -0.2) is 9.55 Å². The lowest BCUT2D eigenvalue weighted by Gasteiger charge is -2.16. The number of benzene rings is 1. The Morgan fingerprint density at radius 2 is 2.04 bits per heavy atom. The van der Waals surface area contributed by atoms with Crippen LogP contribution in [-0.2, 0) is 6.42 Å². The van der Waals surface area contributed by atoms with Gasteiger partial charge in [-0.3, -0.25) is 0 Å². The van der Waals surface area contributed by atoms with Gasteiger partial charge in [0.05, 0.1) is 6.26 Å². The van der Waals surface area contributed by atoms with Crippen LogP contribution in [0.4, 0.5) is 0 Å². The molecule has 0 fully saturated rings. The molecular weight excluding hydrogens is 284 g/mol. The minimum absolute atomic E-state index is 0.0479. The van der Waals surface area contributed by atoms with Gasteiger partial charge in [-0.1, -0.05) is 31.5 Å². The first-order valence-corrected chi connectivity index (χ1v) is 8.12. The monoisotopic (exact) mass is 304 g/mol. The van der Waals surface area contributed by atoms with Crippen molar-refractivity contribution in [1.29, 1.82) is 0 Å². The van der Waals surface area contributed by atoms with E-state index in [0.29, 0.717) is 0 Å². The second-order valence-electron chi connectivity index (χ2n) is 5.92. The van der Waals surface area contributed by atoms with Crippen LogP contribution < -0.4 is 0 Å². The summed E-state index contributed by atoms with van der Waals surface area (Å²) in [6, 6.07) is 14.7. The SMILES string of the molecule is CCCc1ccn(C(c2ccco2)c2c[nH]c3ccccc23)c1. The fourth-order valence-electron chi connectivity index (χ4n) is 3.28. The number of hydrogen-bond donors (Lipinski definition) is 1. The molecule has 0 saturated heterocycles. The number of rotatable bonds is 5. The summed E-state index contributed by atoms with van der Waals surface area (Å²) in [5.74, 6) is 0.952. The van der Waals surface area contributed by atoms with Crippen LogP contribution in [0.2, 0.25) is 0 Å². The first kappa shape index (κ1) is 13.9. The normalized spacial score (nSPS) is 12.7. The van der Waals surface area contributed by atoms with E-state index in [1.165, 1.54) is 16.5 Å². The highest BCUT2D eigenvalue weighted by Crippen LogP contribution is 2.33. The van der Waals surface area contributed by atoms with Crippen molar-refractivity contribution in [3.63, 3.8) is 0 Å². The lowest BCUT2D eigenvalue weighted by atomic mass is 10.0. The molecule has 3 nitrogen and oxygen atoms in total. The average Bonchev–Trinajstić information content (AvgIpc) is 3.31. The smallest absolute Gasteiger partial charge is 0.131 e. The molecule has 0 saturated carbocycles. The van der Waals surface area contributed by atoms with E-state index in [-0.39, 0.29) is 6.04 Å². The summed E-state index contributed by atoms with van der Waals surface area (Å²) in [6.07, 6.45) is 10.5. The Balaban J connectivity index is 1.85. The van der Waals surface area contributed by atoms with Crippen molar-refractivity contribution in [2.75, 3.05) is 0 Å². The summed E-state index contributed by atoms with van der Waals surface area (Å²) in [4.78, 5) is 3.38. The zero-order chi connectivity index (χ0) is 15.6. The van der Waals surface area contributed by atoms with Gasteiger partial charge in [0.15, 0.2) is 0 Å². The number of aromatic nitrogens is 2. The first-order valence-electron chi connectivity index (χ1n) is 8.12. The average molecular weight is 304 g/mol. The van der Waals surface area contributed by atoms with E-state index in [2.05, 4.69) is 65.4 Å². The number of H-pyrrole nitrogens is 1. The Morgan fingerprint density at radius 3 is 2.87 bits per heavy atom. The number of aryl methyl sites for hydroxylation is 1. The lowest BCUT2D eigenvalue weighted by Crippen LogP contribution is -2.09. The molecule has 3 heteroatoms. The molecule has 0 aliphatic rings. The summed E-state index contributed by atoms with van der Waals surface area (Å²) < 4.78 is 8.01. The van der Waals surface area contributed by atoms with Gasteiger partial charge in [0, 0.05) is 35.1 Å². The molecular formula is C20H20N2O. The van der Waals surface area contributed by atoms with E-state index in [4.69, 9.17) is 4.42 Å². The van der Waals surface area contributed by atoms with Crippen LogP contribution in [0.25, 0.3) is 10.9 Å². The zero-order valence-electron chi connectivity index (χ0n) is 13.2. The molecule has 0 aliphatic heterocycles. The second kappa shape index (κ2) is 5.84. The molecule has 4 rings (SSSR count). The van der Waals surface area contributed by atoms with E-state index >= 15 is 0 Å². The van der Waals surface area contributed by atoms with Crippen molar-refractivity contribution in [1.82, 2.24) is 9.55 Å². The first-order chi connectivity index (χ1) is 11.4. The van der Waals surface area contributed by atoms with Gasteiger partial charge in [-0.2, -0.15) is 0 Å². The molecule has 0 radical (unpaired) electrons. The van der Waals surface area contributed by atoms with Gasteiger partial charge in [0.25, 0.3) is 0 Å². The largest absolute Gasteiger partial charge is 0.467 e. The van der Waals surface area contributed by atoms with Gasteiger partial charge >= 0.3 is 0 Å². The van der Waals surface area contributed by atoms with Gasteiger partial charge in [-0.15, -0.1) is 0 Å². The molecule has 1 unspecified atom stereocenters. The third kappa shape index (κ3) is 2.48. The molecule has 0 aliphatic carbocycles. The molecule has 0 spiro atoms. The molecule has 4 aromatic rings. The summed E-state index contributed by atoms with van der Waals surface area (Å²) >= 11 is 0. The minimum Gasteiger partial charge on any atom is -0.467 e. The maximum absolute atomic E-state index is 5.76. The maximum Gasteiger partial charge on any atom is 0.131 e. The van der Waals surface area contributed by atoms with Crippen LogP contribution in [0.15, 0.2) is 71.7 Å². The lowest BCUT2D eigenvalue weighted by molar-refractivity contribution is 0.462. The van der Waals surface area contributed by atoms with Gasteiger partial charge in [-0.05, 0) is 36.2 Å². The van der Waals surface area contributed by atoms with Gasteiger partial charge in [-0.25, -0.2) is 0 Å². The molecule has 1 atom stereocenters. The van der Waals surface area contributed by atoms with E-state index in [0.717, 1.165) is 24.1 Å². The highest BCUT2D eigenvalue weighted by molar-refractivity contribution is 5.84. The number of fused-ring (bicyclic) bond motifs is 1. The van der Waals surface area contributed by atoms with Crippen LogP contribution in [0, 0.1) is 0 Å². The number of nitrogens with zero attached hydrogens (tertiary/aromatic N) is 1. The summed E-state index contributed by atoms with van der Waals surface area (Å²) in [6.45, 7) is 2.21. The van der Waals surface area contributed by atoms with Crippen molar-refractivity contribution in [2.24, 2.45) is 0 Å². The fraction of sp³-hybridized carbons (Fsp3) is 0.200. The zero-order valence-corrected chi connectivity index (χ0v) is 13.2. The van der Waals surface area contributed by atoms with Crippen LogP contribution in [0.5, 0.6) is 0 Å². The number of hydrogen-bond acceptors (Lipinski definition) is 1. The van der Waals surface area contributed by atoms with E-state index in [1.807, 2.05) is 12.1 Å². The Hall–Kier alpha value is -2.68. The van der Waals surface area contributed by atoms with Crippen molar-refractivity contribution < 1.29 is 4.42 Å². The van der Waals surface area contributed by atoms with Gasteiger partial charge in [0.1, 0.15) is 11.8 Å². The number of aromatic amines is 1. The molecule has 3 aromatic heterocycles. The third-order valence-electron chi connectivity index (χ3n) is 4.34. The Morgan fingerprint density at radius 1 is 1.13 bits per heavy atom. The summed E-state index contributed by atoms with van der Waals surface area (Å²) in [5.41, 5.74) is 3.75. The number of nitrogens with one attached hydrogen (secondary N) is 1. The second-order valence-corrected chi connectivity index (χ2v) is 5.92. The molecule has 0 amide bonds. The van der Waals surface area contributed by atoms with E-state index in [9.17, 15) is 0 Å².